The first-order chi connectivity index (χ1) is 9.47. The van der Waals surface area contributed by atoms with Crippen molar-refractivity contribution in [1.29, 1.82) is 0 Å². The van der Waals surface area contributed by atoms with Gasteiger partial charge in [-0.3, -0.25) is 4.79 Å². The Hall–Kier alpha value is -1.55. The molecule has 1 heterocycles. The van der Waals surface area contributed by atoms with Crippen LogP contribution in [0.1, 0.15) is 26.3 Å². The van der Waals surface area contributed by atoms with Gasteiger partial charge in [-0.25, -0.2) is 0 Å². The van der Waals surface area contributed by atoms with Crippen molar-refractivity contribution in [2.45, 2.75) is 26.2 Å². The van der Waals surface area contributed by atoms with Gasteiger partial charge < -0.3 is 15.0 Å². The van der Waals surface area contributed by atoms with E-state index in [2.05, 4.69) is 32.2 Å². The minimum Gasteiger partial charge on any atom is -0.484 e. The first kappa shape index (κ1) is 14.9. The molecule has 1 N–H and O–H groups in total. The van der Waals surface area contributed by atoms with Crippen molar-refractivity contribution < 1.29 is 9.53 Å². The summed E-state index contributed by atoms with van der Waals surface area (Å²) in [5, 5.41) is 3.23. The van der Waals surface area contributed by atoms with E-state index in [4.69, 9.17) is 4.74 Å². The largest absolute Gasteiger partial charge is 0.484 e. The smallest absolute Gasteiger partial charge is 0.260 e. The van der Waals surface area contributed by atoms with Crippen molar-refractivity contribution in [1.82, 2.24) is 10.2 Å². The molecule has 1 saturated heterocycles. The SMILES string of the molecule is CC(C)(C)c1cccc(OCC(=O)N2CCNCC2)c1. The van der Waals surface area contributed by atoms with Crippen LogP contribution >= 0.6 is 0 Å². The Morgan fingerprint density at radius 3 is 2.65 bits per heavy atom. The summed E-state index contributed by atoms with van der Waals surface area (Å²) < 4.78 is 5.65. The first-order valence-corrected chi connectivity index (χ1v) is 7.19. The zero-order valence-corrected chi connectivity index (χ0v) is 12.6. The fourth-order valence-corrected chi connectivity index (χ4v) is 2.20. The molecule has 1 aromatic carbocycles. The van der Waals surface area contributed by atoms with E-state index in [-0.39, 0.29) is 17.9 Å². The van der Waals surface area contributed by atoms with Crippen molar-refractivity contribution in [3.05, 3.63) is 29.8 Å². The third-order valence-electron chi connectivity index (χ3n) is 3.53. The fraction of sp³-hybridized carbons (Fsp3) is 0.562. The van der Waals surface area contributed by atoms with Gasteiger partial charge in [0.25, 0.3) is 5.91 Å². The lowest BCUT2D eigenvalue weighted by Gasteiger charge is -2.27. The third-order valence-corrected chi connectivity index (χ3v) is 3.53. The summed E-state index contributed by atoms with van der Waals surface area (Å²) in [4.78, 5) is 13.9. The normalized spacial score (nSPS) is 16.1. The van der Waals surface area contributed by atoms with Gasteiger partial charge in [-0.2, -0.15) is 0 Å². The Bertz CT molecular complexity index is 460. The maximum absolute atomic E-state index is 12.0. The van der Waals surface area contributed by atoms with Crippen LogP contribution in [0, 0.1) is 0 Å². The standard InChI is InChI=1S/C16H24N2O2/c1-16(2,3)13-5-4-6-14(11-13)20-12-15(19)18-9-7-17-8-10-18/h4-6,11,17H,7-10,12H2,1-3H3. The average Bonchev–Trinajstić information content (AvgIpc) is 2.45. The zero-order valence-electron chi connectivity index (χ0n) is 12.6. The van der Waals surface area contributed by atoms with Gasteiger partial charge in [0.15, 0.2) is 6.61 Å². The van der Waals surface area contributed by atoms with E-state index < -0.39 is 0 Å². The van der Waals surface area contributed by atoms with Crippen LogP contribution in [0.2, 0.25) is 0 Å². The van der Waals surface area contributed by atoms with Crippen LogP contribution < -0.4 is 10.1 Å². The van der Waals surface area contributed by atoms with Gasteiger partial charge in [0.1, 0.15) is 5.75 Å². The van der Waals surface area contributed by atoms with E-state index in [1.165, 1.54) is 5.56 Å². The van der Waals surface area contributed by atoms with Crippen LogP contribution in [-0.4, -0.2) is 43.6 Å². The van der Waals surface area contributed by atoms with E-state index >= 15 is 0 Å². The second-order valence-electron chi connectivity index (χ2n) is 6.20. The summed E-state index contributed by atoms with van der Waals surface area (Å²) >= 11 is 0. The Balaban J connectivity index is 1.92. The Kier molecular flexibility index (Phi) is 4.65. The first-order valence-electron chi connectivity index (χ1n) is 7.19. The summed E-state index contributed by atoms with van der Waals surface area (Å²) in [6.07, 6.45) is 0. The molecule has 0 aromatic heterocycles. The van der Waals surface area contributed by atoms with E-state index in [0.29, 0.717) is 0 Å². The highest BCUT2D eigenvalue weighted by atomic mass is 16.5. The Morgan fingerprint density at radius 2 is 2.00 bits per heavy atom. The van der Waals surface area contributed by atoms with Crippen LogP contribution in [0.25, 0.3) is 0 Å². The second kappa shape index (κ2) is 6.27. The number of nitrogens with one attached hydrogen (secondary N) is 1. The molecule has 0 aliphatic carbocycles. The highest BCUT2D eigenvalue weighted by molar-refractivity contribution is 5.77. The van der Waals surface area contributed by atoms with Gasteiger partial charge in [-0.05, 0) is 23.1 Å². The van der Waals surface area contributed by atoms with Crippen molar-refractivity contribution in [3.8, 4) is 5.75 Å². The summed E-state index contributed by atoms with van der Waals surface area (Å²) in [5.74, 6) is 0.827. The van der Waals surface area contributed by atoms with Crippen molar-refractivity contribution in [2.24, 2.45) is 0 Å². The molecule has 110 valence electrons. The predicted molar refractivity (Wildman–Crippen MR) is 80.1 cm³/mol. The van der Waals surface area contributed by atoms with Crippen LogP contribution in [0.4, 0.5) is 0 Å². The molecule has 20 heavy (non-hydrogen) atoms. The number of benzene rings is 1. The van der Waals surface area contributed by atoms with Crippen molar-refractivity contribution >= 4 is 5.91 Å². The average molecular weight is 276 g/mol. The number of carbonyl (C=O) groups excluding carboxylic acids is 1. The minimum atomic E-state index is 0.0626. The van der Waals surface area contributed by atoms with Crippen LogP contribution in [0.3, 0.4) is 0 Å². The summed E-state index contributed by atoms with van der Waals surface area (Å²) in [6, 6.07) is 7.99. The molecule has 1 amide bonds. The van der Waals surface area contributed by atoms with E-state index in [0.717, 1.165) is 31.9 Å². The number of piperazine rings is 1. The number of hydrogen-bond acceptors (Lipinski definition) is 3. The molecule has 1 aliphatic heterocycles. The maximum atomic E-state index is 12.0. The molecular weight excluding hydrogens is 252 g/mol. The number of carbonyl (C=O) groups is 1. The molecule has 0 unspecified atom stereocenters. The molecule has 4 nitrogen and oxygen atoms in total. The number of amides is 1. The lowest BCUT2D eigenvalue weighted by Crippen LogP contribution is -2.47. The molecule has 0 radical (unpaired) electrons. The monoisotopic (exact) mass is 276 g/mol. The van der Waals surface area contributed by atoms with E-state index in [1.54, 1.807) is 0 Å². The minimum absolute atomic E-state index is 0.0626. The van der Waals surface area contributed by atoms with Gasteiger partial charge in [0.2, 0.25) is 0 Å². The molecule has 0 saturated carbocycles. The number of rotatable bonds is 3. The Labute approximate surface area is 121 Å². The topological polar surface area (TPSA) is 41.6 Å². The zero-order chi connectivity index (χ0) is 14.6. The van der Waals surface area contributed by atoms with Crippen molar-refractivity contribution in [2.75, 3.05) is 32.8 Å². The van der Waals surface area contributed by atoms with E-state index in [9.17, 15) is 4.79 Å². The van der Waals surface area contributed by atoms with Crippen molar-refractivity contribution in [3.63, 3.8) is 0 Å². The number of nitrogens with zero attached hydrogens (tertiary/aromatic N) is 1. The quantitative estimate of drug-likeness (QED) is 0.915. The van der Waals surface area contributed by atoms with Crippen LogP contribution in [0.5, 0.6) is 5.75 Å². The Morgan fingerprint density at radius 1 is 1.30 bits per heavy atom. The lowest BCUT2D eigenvalue weighted by molar-refractivity contribution is -0.133. The highest BCUT2D eigenvalue weighted by Gasteiger charge is 2.17. The summed E-state index contributed by atoms with van der Waals surface area (Å²) in [7, 11) is 0. The molecular formula is C16H24N2O2. The molecule has 1 aliphatic rings. The number of ether oxygens (including phenoxy) is 1. The molecule has 0 bridgehead atoms. The summed E-state index contributed by atoms with van der Waals surface area (Å²) in [6.45, 7) is 9.88. The van der Waals surface area contributed by atoms with Crippen LogP contribution in [0.15, 0.2) is 24.3 Å². The van der Waals surface area contributed by atoms with Gasteiger partial charge in [0, 0.05) is 26.2 Å². The molecule has 2 rings (SSSR count). The van der Waals surface area contributed by atoms with Gasteiger partial charge in [0.05, 0.1) is 0 Å². The maximum Gasteiger partial charge on any atom is 0.260 e. The summed E-state index contributed by atoms with van der Waals surface area (Å²) in [5.41, 5.74) is 1.30. The molecule has 4 heteroatoms. The third kappa shape index (κ3) is 3.97. The van der Waals surface area contributed by atoms with Crippen LogP contribution in [-0.2, 0) is 10.2 Å². The van der Waals surface area contributed by atoms with Gasteiger partial charge in [-0.15, -0.1) is 0 Å². The fourth-order valence-electron chi connectivity index (χ4n) is 2.20. The molecule has 1 aromatic rings. The number of hydrogen-bond donors (Lipinski definition) is 1. The second-order valence-corrected chi connectivity index (χ2v) is 6.20. The van der Waals surface area contributed by atoms with Gasteiger partial charge >= 0.3 is 0 Å². The highest BCUT2D eigenvalue weighted by Crippen LogP contribution is 2.25. The molecule has 0 atom stereocenters. The molecule has 1 fully saturated rings. The van der Waals surface area contributed by atoms with Gasteiger partial charge in [-0.1, -0.05) is 32.9 Å². The molecule has 0 spiro atoms. The lowest BCUT2D eigenvalue weighted by atomic mass is 9.87. The van der Waals surface area contributed by atoms with E-state index in [1.807, 2.05) is 23.1 Å². The predicted octanol–water partition coefficient (Wildman–Crippen LogP) is 1.79.